The van der Waals surface area contributed by atoms with E-state index in [1.165, 1.54) is 0 Å². The molecule has 37 heavy (non-hydrogen) atoms. The molecular weight excluding hydrogens is 490 g/mol. The number of aliphatic hydroxyl groups is 1. The van der Waals surface area contributed by atoms with Crippen molar-refractivity contribution in [3.63, 3.8) is 0 Å². The number of hydrogen-bond acceptors (Lipinski definition) is 6. The highest BCUT2D eigenvalue weighted by molar-refractivity contribution is 8.02. The molecule has 1 spiro atoms. The first kappa shape index (κ1) is 27.8. The highest BCUT2D eigenvalue weighted by Gasteiger charge is 2.74. The van der Waals surface area contributed by atoms with Crippen LogP contribution in [0, 0.1) is 17.8 Å². The van der Waals surface area contributed by atoms with Crippen LogP contribution in [0.2, 0.25) is 0 Å². The zero-order chi connectivity index (χ0) is 26.7. The van der Waals surface area contributed by atoms with Crippen LogP contribution in [0.3, 0.4) is 0 Å². The van der Waals surface area contributed by atoms with Gasteiger partial charge in [-0.05, 0) is 56.4 Å². The Balaban J connectivity index is 1.61. The molecule has 0 aliphatic carbocycles. The Labute approximate surface area is 224 Å². The largest absolute Gasteiger partial charge is 0.494 e. The monoisotopic (exact) mass is 531 g/mol. The van der Waals surface area contributed by atoms with Crippen molar-refractivity contribution in [1.29, 1.82) is 0 Å². The Hall–Kier alpha value is -2.26. The molecule has 3 N–H and O–H groups in total. The van der Waals surface area contributed by atoms with Crippen molar-refractivity contribution in [2.75, 3.05) is 25.1 Å². The van der Waals surface area contributed by atoms with Gasteiger partial charge in [0, 0.05) is 17.5 Å². The maximum absolute atomic E-state index is 14.1. The SMILES string of the molecule is CCCCCNC(=O)C1N([C@@H](CO)C(C)C)C(=O)[C@@H]2[C@@H](C(=O)Nc3ccc(OCC)cc3)[C@H]3CCC12S3. The number of likely N-dealkylation sites (tertiary alicyclic amines) is 1. The molecular formula is C28H41N3O5S. The summed E-state index contributed by atoms with van der Waals surface area (Å²) in [5, 5.41) is 16.3. The van der Waals surface area contributed by atoms with Gasteiger partial charge in [0.2, 0.25) is 17.7 Å². The molecule has 4 rings (SSSR count). The van der Waals surface area contributed by atoms with Gasteiger partial charge < -0.3 is 25.4 Å². The molecule has 9 heteroatoms. The zero-order valence-electron chi connectivity index (χ0n) is 22.4. The molecule has 204 valence electrons. The number of nitrogens with one attached hydrogen (secondary N) is 2. The third-order valence-electron chi connectivity index (χ3n) is 8.12. The molecule has 8 nitrogen and oxygen atoms in total. The summed E-state index contributed by atoms with van der Waals surface area (Å²) in [6.45, 7) is 8.85. The highest BCUT2D eigenvalue weighted by Crippen LogP contribution is 2.66. The van der Waals surface area contributed by atoms with Gasteiger partial charge in [-0.3, -0.25) is 14.4 Å². The summed E-state index contributed by atoms with van der Waals surface area (Å²) in [6, 6.07) is 6.06. The molecule has 3 heterocycles. The Morgan fingerprint density at radius 1 is 1.19 bits per heavy atom. The van der Waals surface area contributed by atoms with Gasteiger partial charge in [-0.15, -0.1) is 11.8 Å². The van der Waals surface area contributed by atoms with Gasteiger partial charge in [-0.1, -0.05) is 33.6 Å². The summed E-state index contributed by atoms with van der Waals surface area (Å²) in [5.41, 5.74) is 0.651. The molecule has 3 amide bonds. The van der Waals surface area contributed by atoms with Crippen LogP contribution in [0.4, 0.5) is 5.69 Å². The van der Waals surface area contributed by atoms with E-state index in [1.54, 1.807) is 28.8 Å². The van der Waals surface area contributed by atoms with Crippen LogP contribution in [0.5, 0.6) is 5.75 Å². The van der Waals surface area contributed by atoms with E-state index in [4.69, 9.17) is 4.74 Å². The van der Waals surface area contributed by atoms with Crippen molar-refractivity contribution in [3.05, 3.63) is 24.3 Å². The van der Waals surface area contributed by atoms with E-state index in [9.17, 15) is 19.5 Å². The van der Waals surface area contributed by atoms with E-state index >= 15 is 0 Å². The molecule has 0 saturated carbocycles. The quantitative estimate of drug-likeness (QED) is 0.357. The average molecular weight is 532 g/mol. The number of nitrogens with zero attached hydrogens (tertiary/aromatic N) is 1. The lowest BCUT2D eigenvalue weighted by Crippen LogP contribution is -2.57. The van der Waals surface area contributed by atoms with E-state index in [0.717, 1.165) is 31.4 Å². The predicted molar refractivity (Wildman–Crippen MR) is 145 cm³/mol. The van der Waals surface area contributed by atoms with E-state index in [1.807, 2.05) is 32.9 Å². The molecule has 1 aromatic carbocycles. The second-order valence-corrected chi connectivity index (χ2v) is 12.3. The molecule has 3 fully saturated rings. The number of rotatable bonds is 12. The van der Waals surface area contributed by atoms with Gasteiger partial charge >= 0.3 is 0 Å². The van der Waals surface area contributed by atoms with Crippen molar-refractivity contribution in [1.82, 2.24) is 10.2 Å². The fourth-order valence-corrected chi connectivity index (χ4v) is 8.58. The smallest absolute Gasteiger partial charge is 0.244 e. The fourth-order valence-electron chi connectivity index (χ4n) is 6.38. The summed E-state index contributed by atoms with van der Waals surface area (Å²) in [6.07, 6.45) is 4.46. The highest BCUT2D eigenvalue weighted by atomic mass is 32.2. The van der Waals surface area contributed by atoms with E-state index in [2.05, 4.69) is 17.6 Å². The van der Waals surface area contributed by atoms with Gasteiger partial charge in [-0.25, -0.2) is 0 Å². The molecule has 3 aliphatic heterocycles. The van der Waals surface area contributed by atoms with Gasteiger partial charge in [0.1, 0.15) is 11.8 Å². The van der Waals surface area contributed by atoms with Crippen LogP contribution in [0.25, 0.3) is 0 Å². The minimum atomic E-state index is -0.690. The number of anilines is 1. The van der Waals surface area contributed by atoms with Crippen LogP contribution >= 0.6 is 11.8 Å². The Kier molecular flexibility index (Phi) is 8.74. The number of benzene rings is 1. The number of unbranched alkanes of at least 4 members (excludes halogenated alkanes) is 2. The normalized spacial score (nSPS) is 28.9. The maximum atomic E-state index is 14.1. The van der Waals surface area contributed by atoms with Crippen LogP contribution < -0.4 is 15.4 Å². The molecule has 2 bridgehead atoms. The molecule has 3 aliphatic rings. The first-order valence-corrected chi connectivity index (χ1v) is 14.6. The minimum absolute atomic E-state index is 0.0131. The zero-order valence-corrected chi connectivity index (χ0v) is 23.2. The van der Waals surface area contributed by atoms with Crippen LogP contribution in [-0.2, 0) is 14.4 Å². The van der Waals surface area contributed by atoms with Crippen molar-refractivity contribution >= 4 is 35.2 Å². The standard InChI is InChI=1S/C28H41N3O5S/c1-5-7-8-15-29-26(34)24-28-14-13-21(37-28)22(23(28)27(35)31(24)20(16-32)17(3)4)25(33)30-18-9-11-19(12-10-18)36-6-2/h9-12,17,20-24,32H,5-8,13-16H2,1-4H3,(H,29,34)(H,30,33)/t20-,21+,22-,23-,24?,28?/m0/s1. The van der Waals surface area contributed by atoms with Gasteiger partial charge in [-0.2, -0.15) is 0 Å². The molecule has 6 atom stereocenters. The Bertz CT molecular complexity index is 987. The molecule has 2 unspecified atom stereocenters. The molecule has 0 radical (unpaired) electrons. The molecule has 1 aromatic rings. The Morgan fingerprint density at radius 3 is 2.54 bits per heavy atom. The number of fused-ring (bicyclic) bond motifs is 1. The summed E-state index contributed by atoms with van der Waals surface area (Å²) in [7, 11) is 0. The summed E-state index contributed by atoms with van der Waals surface area (Å²) >= 11 is 1.65. The van der Waals surface area contributed by atoms with Gasteiger partial charge in [0.15, 0.2) is 0 Å². The van der Waals surface area contributed by atoms with Crippen molar-refractivity contribution in [3.8, 4) is 5.75 Å². The number of thioether (sulfide) groups is 1. The van der Waals surface area contributed by atoms with Gasteiger partial charge in [0.05, 0.1) is 35.8 Å². The van der Waals surface area contributed by atoms with E-state index in [-0.39, 0.29) is 35.5 Å². The minimum Gasteiger partial charge on any atom is -0.494 e. The van der Waals surface area contributed by atoms with Crippen LogP contribution in [-0.4, -0.2) is 69.6 Å². The lowest BCUT2D eigenvalue weighted by molar-refractivity contribution is -0.143. The number of hydrogen-bond donors (Lipinski definition) is 3. The third kappa shape index (κ3) is 5.09. The van der Waals surface area contributed by atoms with Crippen LogP contribution in [0.1, 0.15) is 59.8 Å². The number of carbonyl (C=O) groups excluding carboxylic acids is 3. The van der Waals surface area contributed by atoms with Crippen LogP contribution in [0.15, 0.2) is 24.3 Å². The van der Waals surface area contributed by atoms with Crippen molar-refractivity contribution < 1.29 is 24.2 Å². The number of ether oxygens (including phenoxy) is 1. The lowest BCUT2D eigenvalue weighted by atomic mass is 9.70. The summed E-state index contributed by atoms with van der Waals surface area (Å²) in [5.74, 6) is -0.931. The second kappa shape index (κ2) is 11.6. The van der Waals surface area contributed by atoms with E-state index in [0.29, 0.717) is 25.3 Å². The average Bonchev–Trinajstić information content (AvgIpc) is 3.51. The predicted octanol–water partition coefficient (Wildman–Crippen LogP) is 3.44. The molecule has 3 saturated heterocycles. The number of carbonyl (C=O) groups is 3. The third-order valence-corrected chi connectivity index (χ3v) is 10.1. The van der Waals surface area contributed by atoms with Crippen molar-refractivity contribution in [2.45, 2.75) is 81.9 Å². The van der Waals surface area contributed by atoms with Gasteiger partial charge in [0.25, 0.3) is 0 Å². The topological polar surface area (TPSA) is 108 Å². The first-order chi connectivity index (χ1) is 17.8. The fraction of sp³-hybridized carbons (Fsp3) is 0.679. The maximum Gasteiger partial charge on any atom is 0.244 e. The summed E-state index contributed by atoms with van der Waals surface area (Å²) < 4.78 is 4.84. The van der Waals surface area contributed by atoms with Crippen molar-refractivity contribution in [2.24, 2.45) is 17.8 Å². The lowest BCUT2D eigenvalue weighted by Gasteiger charge is -2.38. The van der Waals surface area contributed by atoms with E-state index < -0.39 is 28.7 Å². The summed E-state index contributed by atoms with van der Waals surface area (Å²) in [4.78, 5) is 43.0. The molecule has 0 aromatic heterocycles. The number of aliphatic hydroxyl groups excluding tert-OH is 1. The second-order valence-electron chi connectivity index (χ2n) is 10.7. The number of amides is 3. The Morgan fingerprint density at radius 2 is 1.92 bits per heavy atom. The first-order valence-electron chi connectivity index (χ1n) is 13.7.